The molecule has 6 nitrogen and oxygen atoms in total. The van der Waals surface area contributed by atoms with Gasteiger partial charge in [0, 0.05) is 18.4 Å². The van der Waals surface area contributed by atoms with Crippen molar-refractivity contribution in [3.05, 3.63) is 64.7 Å². The van der Waals surface area contributed by atoms with Crippen LogP contribution in [-0.2, 0) is 22.4 Å². The maximum atomic E-state index is 12.4. The molecule has 28 heavy (non-hydrogen) atoms. The summed E-state index contributed by atoms with van der Waals surface area (Å²) in [5, 5.41) is 22.1. The number of ether oxygens (including phenoxy) is 1. The summed E-state index contributed by atoms with van der Waals surface area (Å²) in [6, 6.07) is 11.8. The number of carbonyl (C=O) groups is 2. The van der Waals surface area contributed by atoms with E-state index in [9.17, 15) is 19.8 Å². The summed E-state index contributed by atoms with van der Waals surface area (Å²) in [5.41, 5.74) is 2.36. The molecule has 6 heteroatoms. The molecule has 0 aliphatic carbocycles. The zero-order valence-corrected chi connectivity index (χ0v) is 15.7. The average molecular weight is 379 g/mol. The highest BCUT2D eigenvalue weighted by atomic mass is 16.5. The first-order valence-corrected chi connectivity index (χ1v) is 9.12. The zero-order valence-electron chi connectivity index (χ0n) is 15.7. The first kappa shape index (κ1) is 18.3. The van der Waals surface area contributed by atoms with Crippen LogP contribution in [0.15, 0.2) is 48.0 Å². The predicted molar refractivity (Wildman–Crippen MR) is 103 cm³/mol. The molecule has 2 aliphatic heterocycles. The Morgan fingerprint density at radius 1 is 1.11 bits per heavy atom. The second-order valence-corrected chi connectivity index (χ2v) is 7.73. The Labute approximate surface area is 162 Å². The van der Waals surface area contributed by atoms with Crippen LogP contribution < -0.4 is 10.1 Å². The van der Waals surface area contributed by atoms with Crippen LogP contribution in [-0.4, -0.2) is 33.7 Å². The largest absolute Gasteiger partial charge is 0.508 e. The van der Waals surface area contributed by atoms with Crippen LogP contribution in [0.2, 0.25) is 0 Å². The van der Waals surface area contributed by atoms with Crippen molar-refractivity contribution in [2.75, 3.05) is 0 Å². The molecular formula is C22H21NO5. The quantitative estimate of drug-likeness (QED) is 0.710. The van der Waals surface area contributed by atoms with E-state index >= 15 is 0 Å². The third-order valence-corrected chi connectivity index (χ3v) is 5.28. The van der Waals surface area contributed by atoms with Crippen molar-refractivity contribution in [1.82, 2.24) is 5.32 Å². The predicted octanol–water partition coefficient (Wildman–Crippen LogP) is 2.12. The van der Waals surface area contributed by atoms with Gasteiger partial charge in [0.1, 0.15) is 17.1 Å². The molecule has 3 N–H and O–H groups in total. The minimum absolute atomic E-state index is 0.0896. The molecule has 144 valence electrons. The first-order chi connectivity index (χ1) is 13.2. The second kappa shape index (κ2) is 6.49. The van der Waals surface area contributed by atoms with Crippen molar-refractivity contribution in [3.8, 4) is 11.5 Å². The highest BCUT2D eigenvalue weighted by molar-refractivity contribution is 6.36. The van der Waals surface area contributed by atoms with Gasteiger partial charge in [-0.2, -0.15) is 0 Å². The third-order valence-electron chi connectivity index (χ3n) is 5.28. The van der Waals surface area contributed by atoms with Gasteiger partial charge in [-0.25, -0.2) is 0 Å². The Kier molecular flexibility index (Phi) is 4.23. The number of aliphatic hydroxyl groups is 1. The molecule has 0 fully saturated rings. The normalized spacial score (nSPS) is 20.6. The maximum absolute atomic E-state index is 12.4. The van der Waals surface area contributed by atoms with Crippen molar-refractivity contribution in [1.29, 1.82) is 0 Å². The standard InChI is InChI=1S/C22H21NO5/c1-22(2)18(25)11-14-9-12(3-8-17(14)28-22)10-16-19(21(27)23-20(16)26)13-4-6-15(24)7-5-13/h3-9,18,24-25H,10-11H2,1-2H3,(H,23,26,27)/t18-/m0/s1. The first-order valence-electron chi connectivity index (χ1n) is 9.12. The summed E-state index contributed by atoms with van der Waals surface area (Å²) in [5.74, 6) is -0.0436. The molecule has 2 aromatic rings. The van der Waals surface area contributed by atoms with E-state index in [1.165, 1.54) is 12.1 Å². The fraction of sp³-hybridized carbons (Fsp3) is 0.273. The van der Waals surface area contributed by atoms with Crippen LogP contribution in [0.4, 0.5) is 0 Å². The number of benzene rings is 2. The number of phenolic OH excluding ortho intramolecular Hbond substituents is 1. The van der Waals surface area contributed by atoms with Gasteiger partial charge in [0.05, 0.1) is 11.7 Å². The molecule has 0 spiro atoms. The van der Waals surface area contributed by atoms with E-state index in [1.54, 1.807) is 12.1 Å². The topological polar surface area (TPSA) is 95.9 Å². The van der Waals surface area contributed by atoms with E-state index in [1.807, 2.05) is 32.0 Å². The van der Waals surface area contributed by atoms with Gasteiger partial charge in [-0.05, 0) is 48.7 Å². The van der Waals surface area contributed by atoms with E-state index in [0.29, 0.717) is 23.1 Å². The zero-order chi connectivity index (χ0) is 20.1. The molecule has 0 aromatic heterocycles. The fourth-order valence-corrected chi connectivity index (χ4v) is 3.61. The summed E-state index contributed by atoms with van der Waals surface area (Å²) >= 11 is 0. The minimum atomic E-state index is -0.652. The van der Waals surface area contributed by atoms with Crippen LogP contribution in [0.1, 0.15) is 30.5 Å². The Bertz CT molecular complexity index is 1000. The van der Waals surface area contributed by atoms with Crippen LogP contribution in [0.25, 0.3) is 5.57 Å². The van der Waals surface area contributed by atoms with Crippen molar-refractivity contribution in [3.63, 3.8) is 0 Å². The summed E-state index contributed by atoms with van der Waals surface area (Å²) < 4.78 is 5.88. The average Bonchev–Trinajstić information content (AvgIpc) is 2.90. The fourth-order valence-electron chi connectivity index (χ4n) is 3.61. The van der Waals surface area contributed by atoms with Crippen molar-refractivity contribution < 1.29 is 24.5 Å². The van der Waals surface area contributed by atoms with Crippen molar-refractivity contribution >= 4 is 17.4 Å². The summed E-state index contributed by atoms with van der Waals surface area (Å²) in [7, 11) is 0. The number of carbonyl (C=O) groups excluding carboxylic acids is 2. The van der Waals surface area contributed by atoms with Crippen LogP contribution >= 0.6 is 0 Å². The van der Waals surface area contributed by atoms with Gasteiger partial charge in [0.2, 0.25) is 0 Å². The summed E-state index contributed by atoms with van der Waals surface area (Å²) in [6.07, 6.45) is 0.115. The Morgan fingerprint density at radius 3 is 2.54 bits per heavy atom. The number of aliphatic hydroxyl groups excluding tert-OH is 1. The second-order valence-electron chi connectivity index (χ2n) is 7.73. The molecule has 4 rings (SSSR count). The number of hydrogen-bond donors (Lipinski definition) is 3. The lowest BCUT2D eigenvalue weighted by atomic mass is 9.89. The van der Waals surface area contributed by atoms with E-state index in [4.69, 9.17) is 4.74 Å². The van der Waals surface area contributed by atoms with Gasteiger partial charge in [0.25, 0.3) is 11.8 Å². The SMILES string of the molecule is CC1(C)Oc2ccc(CC3=C(c4ccc(O)cc4)C(=O)NC3=O)cc2C[C@@H]1O. The number of aromatic hydroxyl groups is 1. The number of imide groups is 1. The Hall–Kier alpha value is -3.12. The molecular weight excluding hydrogens is 358 g/mol. The van der Waals surface area contributed by atoms with Gasteiger partial charge in [0.15, 0.2) is 0 Å². The molecule has 0 radical (unpaired) electrons. The molecule has 2 aliphatic rings. The molecule has 2 heterocycles. The van der Waals surface area contributed by atoms with Crippen molar-refractivity contribution in [2.45, 2.75) is 38.4 Å². The Morgan fingerprint density at radius 2 is 1.82 bits per heavy atom. The molecule has 1 atom stereocenters. The highest BCUT2D eigenvalue weighted by Crippen LogP contribution is 2.35. The lowest BCUT2D eigenvalue weighted by Crippen LogP contribution is -2.46. The summed E-state index contributed by atoms with van der Waals surface area (Å²) in [4.78, 5) is 24.7. The minimum Gasteiger partial charge on any atom is -0.508 e. The third kappa shape index (κ3) is 3.16. The molecule has 2 amide bonds. The van der Waals surface area contributed by atoms with E-state index in [2.05, 4.69) is 5.32 Å². The van der Waals surface area contributed by atoms with Gasteiger partial charge >= 0.3 is 0 Å². The van der Waals surface area contributed by atoms with E-state index in [-0.39, 0.29) is 12.2 Å². The molecule has 0 saturated carbocycles. The van der Waals surface area contributed by atoms with Gasteiger partial charge in [-0.1, -0.05) is 24.3 Å². The number of hydrogen-bond acceptors (Lipinski definition) is 5. The molecule has 0 unspecified atom stereocenters. The lowest BCUT2D eigenvalue weighted by Gasteiger charge is -2.37. The highest BCUT2D eigenvalue weighted by Gasteiger charge is 2.36. The molecule has 0 saturated heterocycles. The number of fused-ring (bicyclic) bond motifs is 1. The smallest absolute Gasteiger partial charge is 0.259 e. The monoisotopic (exact) mass is 379 g/mol. The van der Waals surface area contributed by atoms with E-state index in [0.717, 1.165) is 16.9 Å². The van der Waals surface area contributed by atoms with Crippen LogP contribution in [0.3, 0.4) is 0 Å². The van der Waals surface area contributed by atoms with Crippen LogP contribution in [0.5, 0.6) is 11.5 Å². The Balaban J connectivity index is 1.69. The van der Waals surface area contributed by atoms with Gasteiger partial charge < -0.3 is 14.9 Å². The lowest BCUT2D eigenvalue weighted by molar-refractivity contribution is -0.123. The van der Waals surface area contributed by atoms with Gasteiger partial charge in [-0.3, -0.25) is 14.9 Å². The maximum Gasteiger partial charge on any atom is 0.259 e. The van der Waals surface area contributed by atoms with Crippen molar-refractivity contribution in [2.24, 2.45) is 0 Å². The number of phenols is 1. The van der Waals surface area contributed by atoms with Crippen LogP contribution in [0, 0.1) is 0 Å². The van der Waals surface area contributed by atoms with E-state index < -0.39 is 23.5 Å². The number of amides is 2. The van der Waals surface area contributed by atoms with Gasteiger partial charge in [-0.15, -0.1) is 0 Å². The number of nitrogens with one attached hydrogen (secondary N) is 1. The molecule has 0 bridgehead atoms. The molecule has 2 aromatic carbocycles. The number of rotatable bonds is 3. The summed E-state index contributed by atoms with van der Waals surface area (Å²) in [6.45, 7) is 3.69.